The van der Waals surface area contributed by atoms with Crippen LogP contribution < -0.4 is 10.6 Å². The molecule has 3 rings (SSSR count). The lowest BCUT2D eigenvalue weighted by Crippen LogP contribution is -2.31. The highest BCUT2D eigenvalue weighted by Crippen LogP contribution is 2.30. The van der Waals surface area contributed by atoms with Crippen LogP contribution in [0.4, 0.5) is 11.8 Å². The molecule has 0 radical (unpaired) electrons. The quantitative estimate of drug-likeness (QED) is 0.914. The Bertz CT molecular complexity index is 669. The van der Waals surface area contributed by atoms with Crippen molar-refractivity contribution in [2.45, 2.75) is 19.3 Å². The zero-order chi connectivity index (χ0) is 14.7. The van der Waals surface area contributed by atoms with Gasteiger partial charge >= 0.3 is 0 Å². The largest absolute Gasteiger partial charge is 0.368 e. The van der Waals surface area contributed by atoms with E-state index in [2.05, 4.69) is 20.9 Å². The minimum absolute atomic E-state index is 0.216. The van der Waals surface area contributed by atoms with Gasteiger partial charge in [0.25, 0.3) is 0 Å². The highest BCUT2D eigenvalue weighted by atomic mass is 15.2. The lowest BCUT2D eigenvalue weighted by atomic mass is 10.1. The smallest absolute Gasteiger partial charge is 0.222 e. The van der Waals surface area contributed by atoms with Crippen LogP contribution in [0.5, 0.6) is 0 Å². The molecule has 1 saturated heterocycles. The van der Waals surface area contributed by atoms with E-state index < -0.39 is 0 Å². The van der Waals surface area contributed by atoms with Crippen molar-refractivity contribution in [3.05, 3.63) is 35.9 Å². The molecule has 1 aromatic heterocycles. The van der Waals surface area contributed by atoms with Crippen LogP contribution >= 0.6 is 0 Å². The summed E-state index contributed by atoms with van der Waals surface area (Å²) in [5.74, 6) is 0.886. The fourth-order valence-corrected chi connectivity index (χ4v) is 2.71. The third kappa shape index (κ3) is 2.65. The number of hydrogen-bond donors (Lipinski definition) is 1. The summed E-state index contributed by atoms with van der Waals surface area (Å²) in [4.78, 5) is 10.8. The Morgan fingerprint density at radius 1 is 1.05 bits per heavy atom. The first-order valence-electron chi connectivity index (χ1n) is 7.17. The van der Waals surface area contributed by atoms with Crippen LogP contribution in [0.15, 0.2) is 30.3 Å². The van der Waals surface area contributed by atoms with Crippen LogP contribution in [0.3, 0.4) is 0 Å². The maximum atomic E-state index is 9.58. The van der Waals surface area contributed by atoms with Crippen molar-refractivity contribution in [1.29, 1.82) is 5.26 Å². The van der Waals surface area contributed by atoms with Gasteiger partial charge in [-0.05, 0) is 19.3 Å². The number of nitrogens with zero attached hydrogens (tertiary/aromatic N) is 4. The molecular weight excluding hydrogens is 262 g/mol. The Kier molecular flexibility index (Phi) is 3.69. The monoisotopic (exact) mass is 279 g/mol. The Labute approximate surface area is 124 Å². The Hall–Kier alpha value is -2.61. The molecule has 0 amide bonds. The zero-order valence-electron chi connectivity index (χ0n) is 11.8. The normalized spacial score (nSPS) is 14.7. The van der Waals surface area contributed by atoms with Gasteiger partial charge in [-0.2, -0.15) is 10.2 Å². The molecule has 2 heterocycles. The van der Waals surface area contributed by atoms with Crippen LogP contribution in [-0.4, -0.2) is 23.1 Å². The Balaban J connectivity index is 2.13. The first kappa shape index (κ1) is 13.4. The second-order valence-corrected chi connectivity index (χ2v) is 5.15. The number of benzene rings is 1. The van der Waals surface area contributed by atoms with Crippen molar-refractivity contribution >= 4 is 11.8 Å². The maximum Gasteiger partial charge on any atom is 0.222 e. The highest BCUT2D eigenvalue weighted by molar-refractivity contribution is 5.74. The average molecular weight is 279 g/mol. The molecule has 106 valence electrons. The first-order chi connectivity index (χ1) is 10.3. The van der Waals surface area contributed by atoms with Gasteiger partial charge in [-0.15, -0.1) is 0 Å². The van der Waals surface area contributed by atoms with E-state index in [0.717, 1.165) is 31.5 Å². The number of nitrogen functional groups attached to an aromatic ring is 1. The summed E-state index contributed by atoms with van der Waals surface area (Å²) in [6, 6.07) is 11.9. The number of piperidine rings is 1. The minimum Gasteiger partial charge on any atom is -0.368 e. The Morgan fingerprint density at radius 3 is 2.43 bits per heavy atom. The van der Waals surface area contributed by atoms with E-state index in [1.165, 1.54) is 6.42 Å². The number of nitrogens with two attached hydrogens (primary N) is 1. The van der Waals surface area contributed by atoms with Gasteiger partial charge in [-0.1, -0.05) is 30.3 Å². The summed E-state index contributed by atoms with van der Waals surface area (Å²) in [6.07, 6.45) is 3.47. The molecule has 2 N–H and O–H groups in total. The number of anilines is 2. The zero-order valence-corrected chi connectivity index (χ0v) is 11.8. The SMILES string of the molecule is N#Cc1c(-c2ccccc2)nc(N)nc1N1CCCCC1. The van der Waals surface area contributed by atoms with Crippen molar-refractivity contribution in [3.8, 4) is 17.3 Å². The van der Waals surface area contributed by atoms with E-state index in [1.54, 1.807) is 0 Å². The van der Waals surface area contributed by atoms with E-state index in [1.807, 2.05) is 30.3 Å². The molecule has 1 fully saturated rings. The molecule has 0 spiro atoms. The summed E-state index contributed by atoms with van der Waals surface area (Å²) in [7, 11) is 0. The van der Waals surface area contributed by atoms with E-state index in [9.17, 15) is 5.26 Å². The molecule has 1 aromatic carbocycles. The molecule has 21 heavy (non-hydrogen) atoms. The molecule has 5 heteroatoms. The third-order valence-corrected chi connectivity index (χ3v) is 3.72. The van der Waals surface area contributed by atoms with Gasteiger partial charge in [0.2, 0.25) is 5.95 Å². The molecule has 0 aliphatic carbocycles. The van der Waals surface area contributed by atoms with Crippen molar-refractivity contribution in [2.24, 2.45) is 0 Å². The minimum atomic E-state index is 0.216. The second-order valence-electron chi connectivity index (χ2n) is 5.15. The van der Waals surface area contributed by atoms with E-state index in [-0.39, 0.29) is 5.95 Å². The van der Waals surface area contributed by atoms with Crippen molar-refractivity contribution in [2.75, 3.05) is 23.7 Å². The number of rotatable bonds is 2. The molecule has 1 aliphatic rings. The summed E-state index contributed by atoms with van der Waals surface area (Å²) in [5, 5.41) is 9.58. The lowest BCUT2D eigenvalue weighted by molar-refractivity contribution is 0.573. The van der Waals surface area contributed by atoms with Gasteiger partial charge < -0.3 is 10.6 Å². The van der Waals surface area contributed by atoms with Gasteiger partial charge in [-0.3, -0.25) is 0 Å². The Morgan fingerprint density at radius 2 is 1.76 bits per heavy atom. The molecule has 0 bridgehead atoms. The molecule has 0 atom stereocenters. The van der Waals surface area contributed by atoms with Gasteiger partial charge in [0.15, 0.2) is 5.82 Å². The molecular formula is C16H17N5. The van der Waals surface area contributed by atoms with Gasteiger partial charge in [-0.25, -0.2) is 4.98 Å². The van der Waals surface area contributed by atoms with E-state index in [0.29, 0.717) is 17.1 Å². The fourth-order valence-electron chi connectivity index (χ4n) is 2.71. The van der Waals surface area contributed by atoms with E-state index in [4.69, 9.17) is 5.73 Å². The number of aromatic nitrogens is 2. The highest BCUT2D eigenvalue weighted by Gasteiger charge is 2.21. The maximum absolute atomic E-state index is 9.58. The van der Waals surface area contributed by atoms with Crippen LogP contribution in [0.25, 0.3) is 11.3 Å². The van der Waals surface area contributed by atoms with Crippen LogP contribution in [0, 0.1) is 11.3 Å². The third-order valence-electron chi connectivity index (χ3n) is 3.72. The molecule has 0 saturated carbocycles. The molecule has 2 aromatic rings. The predicted molar refractivity (Wildman–Crippen MR) is 82.7 cm³/mol. The summed E-state index contributed by atoms with van der Waals surface area (Å²) in [6.45, 7) is 1.83. The van der Waals surface area contributed by atoms with Gasteiger partial charge in [0, 0.05) is 18.7 Å². The van der Waals surface area contributed by atoms with Crippen LogP contribution in [-0.2, 0) is 0 Å². The van der Waals surface area contributed by atoms with Crippen LogP contribution in [0.1, 0.15) is 24.8 Å². The average Bonchev–Trinajstić information content (AvgIpc) is 2.55. The number of nitriles is 1. The van der Waals surface area contributed by atoms with Crippen molar-refractivity contribution in [3.63, 3.8) is 0 Å². The standard InChI is InChI=1S/C16H17N5/c17-11-13-14(12-7-3-1-4-8-12)19-16(18)20-15(13)21-9-5-2-6-10-21/h1,3-4,7-8H,2,5-6,9-10H2,(H2,18,19,20). The summed E-state index contributed by atoms with van der Waals surface area (Å²) < 4.78 is 0. The van der Waals surface area contributed by atoms with E-state index >= 15 is 0 Å². The second kappa shape index (κ2) is 5.80. The molecule has 5 nitrogen and oxygen atoms in total. The van der Waals surface area contributed by atoms with Gasteiger partial charge in [0.05, 0.1) is 5.69 Å². The first-order valence-corrected chi connectivity index (χ1v) is 7.17. The molecule has 1 aliphatic heterocycles. The molecule has 0 unspecified atom stereocenters. The topological polar surface area (TPSA) is 78.8 Å². The fraction of sp³-hybridized carbons (Fsp3) is 0.312. The summed E-state index contributed by atoms with van der Waals surface area (Å²) in [5.41, 5.74) is 7.89. The summed E-state index contributed by atoms with van der Waals surface area (Å²) >= 11 is 0. The lowest BCUT2D eigenvalue weighted by Gasteiger charge is -2.28. The van der Waals surface area contributed by atoms with Crippen molar-refractivity contribution in [1.82, 2.24) is 9.97 Å². The van der Waals surface area contributed by atoms with Crippen molar-refractivity contribution < 1.29 is 0 Å². The predicted octanol–water partition coefficient (Wildman–Crippen LogP) is 2.59. The number of hydrogen-bond acceptors (Lipinski definition) is 5. The van der Waals surface area contributed by atoms with Crippen LogP contribution in [0.2, 0.25) is 0 Å². The van der Waals surface area contributed by atoms with Gasteiger partial charge in [0.1, 0.15) is 11.6 Å².